The molecule has 2 aliphatic rings. The topological polar surface area (TPSA) is 78.5 Å². The molecule has 0 bridgehead atoms. The molecular formula is C23H25N3O3. The Hall–Kier alpha value is -3.15. The van der Waals surface area contributed by atoms with Gasteiger partial charge in [-0.25, -0.2) is 0 Å². The third-order valence-electron chi connectivity index (χ3n) is 5.53. The molecule has 1 atom stereocenters. The molecule has 2 aliphatic heterocycles. The number of hydrogen-bond acceptors (Lipinski definition) is 3. The lowest BCUT2D eigenvalue weighted by Crippen LogP contribution is -2.43. The Balaban J connectivity index is 1.59. The quantitative estimate of drug-likeness (QED) is 0.835. The minimum Gasteiger partial charge on any atom is -0.327 e. The lowest BCUT2D eigenvalue weighted by Gasteiger charge is -2.34. The molecule has 6 nitrogen and oxygen atoms in total. The fraction of sp³-hybridized carbons (Fsp3) is 0.348. The highest BCUT2D eigenvalue weighted by atomic mass is 16.2. The van der Waals surface area contributed by atoms with E-state index in [1.807, 2.05) is 42.5 Å². The van der Waals surface area contributed by atoms with Gasteiger partial charge in [0.1, 0.15) is 6.04 Å². The lowest BCUT2D eigenvalue weighted by molar-refractivity contribution is -0.141. The number of rotatable bonds is 4. The Morgan fingerprint density at radius 1 is 0.966 bits per heavy atom. The van der Waals surface area contributed by atoms with E-state index >= 15 is 0 Å². The minimum absolute atomic E-state index is 0.0184. The van der Waals surface area contributed by atoms with Crippen LogP contribution < -0.4 is 10.6 Å². The van der Waals surface area contributed by atoms with Crippen molar-refractivity contribution in [2.24, 2.45) is 0 Å². The molecule has 2 N–H and O–H groups in total. The standard InChI is InChI=1S/C23H25N3O3/c27-20-10-6-9-17-15-18(12-13-19(17)25-20)24-23(29)22(16-7-2-1-3-8-16)26-14-5-4-11-21(26)28/h1-3,7-8,12-13,15,22H,4-6,9-11,14H2,(H,24,29)(H,25,27). The van der Waals surface area contributed by atoms with E-state index in [1.54, 1.807) is 11.0 Å². The van der Waals surface area contributed by atoms with Crippen LogP contribution in [0.2, 0.25) is 0 Å². The molecule has 1 saturated heterocycles. The lowest BCUT2D eigenvalue weighted by atomic mass is 10.00. The van der Waals surface area contributed by atoms with E-state index in [0.29, 0.717) is 25.1 Å². The number of nitrogens with one attached hydrogen (secondary N) is 2. The second-order valence-electron chi connectivity index (χ2n) is 7.62. The number of benzene rings is 2. The molecule has 6 heteroatoms. The zero-order chi connectivity index (χ0) is 20.2. The van der Waals surface area contributed by atoms with Crippen molar-refractivity contribution >= 4 is 29.1 Å². The van der Waals surface area contributed by atoms with Gasteiger partial charge in [-0.3, -0.25) is 14.4 Å². The number of carbonyl (C=O) groups excluding carboxylic acids is 3. The van der Waals surface area contributed by atoms with Gasteiger partial charge in [0, 0.05) is 30.8 Å². The Labute approximate surface area is 170 Å². The van der Waals surface area contributed by atoms with Gasteiger partial charge in [0.05, 0.1) is 0 Å². The predicted molar refractivity (Wildman–Crippen MR) is 111 cm³/mol. The van der Waals surface area contributed by atoms with Gasteiger partial charge < -0.3 is 15.5 Å². The Bertz CT molecular complexity index is 926. The number of hydrogen-bond donors (Lipinski definition) is 2. The molecule has 0 radical (unpaired) electrons. The summed E-state index contributed by atoms with van der Waals surface area (Å²) in [5, 5.41) is 5.90. The summed E-state index contributed by atoms with van der Waals surface area (Å²) in [6, 6.07) is 14.3. The van der Waals surface area contributed by atoms with Crippen LogP contribution in [0.5, 0.6) is 0 Å². The van der Waals surface area contributed by atoms with Gasteiger partial charge in [-0.2, -0.15) is 0 Å². The van der Waals surface area contributed by atoms with Crippen LogP contribution >= 0.6 is 0 Å². The summed E-state index contributed by atoms with van der Waals surface area (Å²) in [5.74, 6) is -0.178. The van der Waals surface area contributed by atoms with E-state index in [-0.39, 0.29) is 17.7 Å². The molecule has 0 aliphatic carbocycles. The van der Waals surface area contributed by atoms with Crippen LogP contribution in [0.15, 0.2) is 48.5 Å². The molecular weight excluding hydrogens is 366 g/mol. The van der Waals surface area contributed by atoms with E-state index in [0.717, 1.165) is 42.5 Å². The van der Waals surface area contributed by atoms with E-state index in [1.165, 1.54) is 0 Å². The number of amides is 3. The van der Waals surface area contributed by atoms with E-state index < -0.39 is 6.04 Å². The maximum Gasteiger partial charge on any atom is 0.251 e. The summed E-state index contributed by atoms with van der Waals surface area (Å²) < 4.78 is 0. The van der Waals surface area contributed by atoms with Crippen LogP contribution in [-0.2, 0) is 20.8 Å². The predicted octanol–water partition coefficient (Wildman–Crippen LogP) is 3.65. The van der Waals surface area contributed by atoms with Gasteiger partial charge in [0.2, 0.25) is 11.8 Å². The van der Waals surface area contributed by atoms with E-state index in [2.05, 4.69) is 10.6 Å². The third kappa shape index (κ3) is 4.31. The first-order valence-electron chi connectivity index (χ1n) is 10.2. The first-order valence-corrected chi connectivity index (χ1v) is 10.2. The number of carbonyl (C=O) groups is 3. The average molecular weight is 391 g/mol. The van der Waals surface area contributed by atoms with Crippen molar-refractivity contribution in [3.63, 3.8) is 0 Å². The Kier molecular flexibility index (Phi) is 5.60. The average Bonchev–Trinajstić information content (AvgIpc) is 2.91. The first kappa shape index (κ1) is 19.2. The van der Waals surface area contributed by atoms with Crippen LogP contribution in [0.4, 0.5) is 11.4 Å². The number of likely N-dealkylation sites (tertiary alicyclic amines) is 1. The molecule has 2 aromatic rings. The Morgan fingerprint density at radius 3 is 2.59 bits per heavy atom. The van der Waals surface area contributed by atoms with E-state index in [9.17, 15) is 14.4 Å². The van der Waals surface area contributed by atoms with Gasteiger partial charge in [-0.1, -0.05) is 30.3 Å². The van der Waals surface area contributed by atoms with Crippen molar-refractivity contribution in [2.75, 3.05) is 17.2 Å². The molecule has 1 fully saturated rings. The third-order valence-corrected chi connectivity index (χ3v) is 5.53. The highest BCUT2D eigenvalue weighted by Crippen LogP contribution is 2.29. The summed E-state index contributed by atoms with van der Waals surface area (Å²) in [7, 11) is 0. The number of piperidine rings is 1. The highest BCUT2D eigenvalue weighted by Gasteiger charge is 2.32. The number of aryl methyl sites for hydroxylation is 1. The van der Waals surface area contributed by atoms with Crippen molar-refractivity contribution in [1.29, 1.82) is 0 Å². The zero-order valence-electron chi connectivity index (χ0n) is 16.3. The van der Waals surface area contributed by atoms with Gasteiger partial charge in [0.15, 0.2) is 0 Å². The highest BCUT2D eigenvalue weighted by molar-refractivity contribution is 5.99. The van der Waals surface area contributed by atoms with Crippen LogP contribution in [-0.4, -0.2) is 29.2 Å². The molecule has 4 rings (SSSR count). The molecule has 150 valence electrons. The molecule has 0 aromatic heterocycles. The largest absolute Gasteiger partial charge is 0.327 e. The summed E-state index contributed by atoms with van der Waals surface area (Å²) in [6.07, 6.45) is 4.32. The molecule has 0 saturated carbocycles. The first-order chi connectivity index (χ1) is 14.1. The van der Waals surface area contributed by atoms with Gasteiger partial charge in [-0.05, 0) is 55.0 Å². The molecule has 3 amide bonds. The van der Waals surface area contributed by atoms with Crippen LogP contribution in [0.3, 0.4) is 0 Å². The Morgan fingerprint density at radius 2 is 1.79 bits per heavy atom. The maximum absolute atomic E-state index is 13.3. The normalized spacial score (nSPS) is 17.7. The van der Waals surface area contributed by atoms with Crippen molar-refractivity contribution in [2.45, 2.75) is 44.6 Å². The maximum atomic E-state index is 13.3. The fourth-order valence-corrected chi connectivity index (χ4v) is 4.07. The molecule has 29 heavy (non-hydrogen) atoms. The number of fused-ring (bicyclic) bond motifs is 1. The second kappa shape index (κ2) is 8.47. The van der Waals surface area contributed by atoms with Gasteiger partial charge in [-0.15, -0.1) is 0 Å². The summed E-state index contributed by atoms with van der Waals surface area (Å²) in [6.45, 7) is 0.585. The van der Waals surface area contributed by atoms with Crippen molar-refractivity contribution < 1.29 is 14.4 Å². The number of nitrogens with zero attached hydrogens (tertiary/aromatic N) is 1. The van der Waals surface area contributed by atoms with Crippen LogP contribution in [0, 0.1) is 0 Å². The van der Waals surface area contributed by atoms with Crippen molar-refractivity contribution in [3.8, 4) is 0 Å². The van der Waals surface area contributed by atoms with Gasteiger partial charge >= 0.3 is 0 Å². The summed E-state index contributed by atoms with van der Waals surface area (Å²) in [4.78, 5) is 39.2. The van der Waals surface area contributed by atoms with Crippen LogP contribution in [0.25, 0.3) is 0 Å². The van der Waals surface area contributed by atoms with E-state index in [4.69, 9.17) is 0 Å². The monoisotopic (exact) mass is 391 g/mol. The van der Waals surface area contributed by atoms with Crippen LogP contribution in [0.1, 0.15) is 49.3 Å². The smallest absolute Gasteiger partial charge is 0.251 e. The molecule has 1 unspecified atom stereocenters. The summed E-state index contributed by atoms with van der Waals surface area (Å²) in [5.41, 5.74) is 3.30. The SMILES string of the molecule is O=C1CCCc2cc(NC(=O)C(c3ccccc3)N3CCCCC3=O)ccc2N1. The molecule has 2 aromatic carbocycles. The fourth-order valence-electron chi connectivity index (χ4n) is 4.07. The number of anilines is 2. The van der Waals surface area contributed by atoms with Crippen molar-refractivity contribution in [1.82, 2.24) is 4.90 Å². The minimum atomic E-state index is -0.650. The summed E-state index contributed by atoms with van der Waals surface area (Å²) >= 11 is 0. The van der Waals surface area contributed by atoms with Gasteiger partial charge in [0.25, 0.3) is 5.91 Å². The molecule has 2 heterocycles. The molecule has 0 spiro atoms. The van der Waals surface area contributed by atoms with Crippen molar-refractivity contribution in [3.05, 3.63) is 59.7 Å². The zero-order valence-corrected chi connectivity index (χ0v) is 16.3. The second-order valence-corrected chi connectivity index (χ2v) is 7.62.